The van der Waals surface area contributed by atoms with E-state index in [2.05, 4.69) is 50.4 Å². The highest BCUT2D eigenvalue weighted by Crippen LogP contribution is 2.23. The molecule has 1 atom stereocenters. The maximum absolute atomic E-state index is 13.8. The Morgan fingerprint density at radius 1 is 0.865 bits per heavy atom. The molecule has 3 aromatic rings. The first-order valence-corrected chi connectivity index (χ1v) is 13.4. The van der Waals surface area contributed by atoms with Crippen LogP contribution in [0.15, 0.2) is 78.9 Å². The summed E-state index contributed by atoms with van der Waals surface area (Å²) in [7, 11) is 0. The van der Waals surface area contributed by atoms with Crippen LogP contribution in [0.1, 0.15) is 63.3 Å². The van der Waals surface area contributed by atoms with E-state index in [1.54, 1.807) is 4.90 Å². The van der Waals surface area contributed by atoms with Crippen molar-refractivity contribution >= 4 is 23.4 Å². The largest absolute Gasteiger partial charge is 0.352 e. The number of nitrogens with zero attached hydrogens (tertiary/aromatic N) is 1. The van der Waals surface area contributed by atoms with Crippen molar-refractivity contribution in [3.8, 4) is 0 Å². The number of halogens is 1. The maximum atomic E-state index is 13.8. The van der Waals surface area contributed by atoms with Crippen LogP contribution in [0.5, 0.6) is 0 Å². The SMILES string of the molecule is CC(C)NC(=O)C(Cc1ccccc1)N(Cc1cccc(Cl)c1)C(=O)CCc1ccc(C(C)(C)C)cc1. The van der Waals surface area contributed by atoms with Gasteiger partial charge in [0.2, 0.25) is 11.8 Å². The molecule has 3 rings (SSSR count). The van der Waals surface area contributed by atoms with Crippen LogP contribution in [0, 0.1) is 0 Å². The first kappa shape index (κ1) is 28.5. The molecule has 0 fully saturated rings. The Hall–Kier alpha value is -3.11. The quantitative estimate of drug-likeness (QED) is 0.323. The summed E-state index contributed by atoms with van der Waals surface area (Å²) in [5, 5.41) is 3.64. The molecule has 0 spiro atoms. The van der Waals surface area contributed by atoms with Crippen molar-refractivity contribution in [1.82, 2.24) is 10.2 Å². The predicted octanol–water partition coefficient (Wildman–Crippen LogP) is 6.73. The molecule has 196 valence electrons. The fourth-order valence-corrected chi connectivity index (χ4v) is 4.55. The molecule has 1 unspecified atom stereocenters. The van der Waals surface area contributed by atoms with Crippen molar-refractivity contribution in [3.63, 3.8) is 0 Å². The van der Waals surface area contributed by atoms with E-state index in [4.69, 9.17) is 11.6 Å². The number of hydrogen-bond acceptors (Lipinski definition) is 2. The summed E-state index contributed by atoms with van der Waals surface area (Å²) in [5.41, 5.74) is 4.35. The third kappa shape index (κ3) is 8.75. The van der Waals surface area contributed by atoms with Crippen molar-refractivity contribution in [2.75, 3.05) is 0 Å². The van der Waals surface area contributed by atoms with Crippen LogP contribution in [0.4, 0.5) is 0 Å². The number of benzene rings is 3. The Bertz CT molecular complexity index is 1170. The van der Waals surface area contributed by atoms with E-state index in [0.717, 1.165) is 16.7 Å². The highest BCUT2D eigenvalue weighted by atomic mass is 35.5. The van der Waals surface area contributed by atoms with Crippen molar-refractivity contribution in [3.05, 3.63) is 106 Å². The fraction of sp³-hybridized carbons (Fsp3) is 0.375. The number of nitrogens with one attached hydrogen (secondary N) is 1. The monoisotopic (exact) mass is 518 g/mol. The molecule has 0 bridgehead atoms. The highest BCUT2D eigenvalue weighted by Gasteiger charge is 2.30. The summed E-state index contributed by atoms with van der Waals surface area (Å²) in [6.45, 7) is 10.7. The van der Waals surface area contributed by atoms with Crippen LogP contribution in [0.3, 0.4) is 0 Å². The molecule has 37 heavy (non-hydrogen) atoms. The summed E-state index contributed by atoms with van der Waals surface area (Å²) >= 11 is 6.25. The first-order valence-electron chi connectivity index (χ1n) is 13.0. The van der Waals surface area contributed by atoms with Gasteiger partial charge in [0.25, 0.3) is 0 Å². The highest BCUT2D eigenvalue weighted by molar-refractivity contribution is 6.30. The van der Waals surface area contributed by atoms with Gasteiger partial charge in [0.15, 0.2) is 0 Å². The van der Waals surface area contributed by atoms with Crippen molar-refractivity contribution in [1.29, 1.82) is 0 Å². The van der Waals surface area contributed by atoms with E-state index in [1.165, 1.54) is 5.56 Å². The van der Waals surface area contributed by atoms with E-state index in [1.807, 2.05) is 68.4 Å². The van der Waals surface area contributed by atoms with Gasteiger partial charge in [-0.3, -0.25) is 9.59 Å². The Labute approximate surface area is 227 Å². The fourth-order valence-electron chi connectivity index (χ4n) is 4.33. The van der Waals surface area contributed by atoms with Crippen molar-refractivity contribution in [2.24, 2.45) is 0 Å². The number of aryl methyl sites for hydroxylation is 1. The normalized spacial score (nSPS) is 12.3. The smallest absolute Gasteiger partial charge is 0.243 e. The minimum Gasteiger partial charge on any atom is -0.352 e. The lowest BCUT2D eigenvalue weighted by Gasteiger charge is -2.32. The molecule has 4 nitrogen and oxygen atoms in total. The van der Waals surface area contributed by atoms with Crippen LogP contribution >= 0.6 is 11.6 Å². The molecular weight excluding hydrogens is 480 g/mol. The molecule has 0 aliphatic heterocycles. The van der Waals surface area contributed by atoms with Crippen LogP contribution in [-0.2, 0) is 34.4 Å². The van der Waals surface area contributed by atoms with Gasteiger partial charge in [-0.25, -0.2) is 0 Å². The molecule has 3 aromatic carbocycles. The molecule has 0 aliphatic rings. The zero-order valence-electron chi connectivity index (χ0n) is 22.6. The first-order chi connectivity index (χ1) is 17.5. The molecular formula is C32H39ClN2O2. The van der Waals surface area contributed by atoms with Gasteiger partial charge in [0, 0.05) is 30.5 Å². The van der Waals surface area contributed by atoms with E-state index < -0.39 is 6.04 Å². The summed E-state index contributed by atoms with van der Waals surface area (Å²) in [4.78, 5) is 28.9. The number of carbonyl (C=O) groups is 2. The van der Waals surface area contributed by atoms with Gasteiger partial charge in [-0.15, -0.1) is 0 Å². The molecule has 0 saturated carbocycles. The second-order valence-electron chi connectivity index (χ2n) is 11.0. The Balaban J connectivity index is 1.88. The zero-order chi connectivity index (χ0) is 27.0. The lowest BCUT2D eigenvalue weighted by atomic mass is 9.86. The number of carbonyl (C=O) groups excluding carboxylic acids is 2. The van der Waals surface area contributed by atoms with E-state index in [-0.39, 0.29) is 23.3 Å². The minimum atomic E-state index is -0.639. The molecule has 2 amide bonds. The number of amides is 2. The summed E-state index contributed by atoms with van der Waals surface area (Å²) in [5.74, 6) is -0.205. The number of rotatable bonds is 10. The standard InChI is InChI=1S/C32H39ClN2O2/c1-23(2)34-31(37)29(21-25-10-7-6-8-11-25)35(22-26-12-9-13-28(33)20-26)30(36)19-16-24-14-17-27(18-15-24)32(3,4)5/h6-15,17-18,20,23,29H,16,19,21-22H2,1-5H3,(H,34,37). The second-order valence-corrected chi connectivity index (χ2v) is 11.4. The Morgan fingerprint density at radius 3 is 2.11 bits per heavy atom. The van der Waals surface area contributed by atoms with Crippen LogP contribution in [0.2, 0.25) is 5.02 Å². The summed E-state index contributed by atoms with van der Waals surface area (Å²) in [6, 6.07) is 25.1. The van der Waals surface area contributed by atoms with Gasteiger partial charge in [0.1, 0.15) is 6.04 Å². The Kier molecular flexibility index (Phi) is 9.93. The summed E-state index contributed by atoms with van der Waals surface area (Å²) in [6.07, 6.45) is 1.36. The third-order valence-electron chi connectivity index (χ3n) is 6.39. The van der Waals surface area contributed by atoms with Gasteiger partial charge in [-0.2, -0.15) is 0 Å². The number of hydrogen-bond donors (Lipinski definition) is 1. The molecule has 5 heteroatoms. The maximum Gasteiger partial charge on any atom is 0.243 e. The van der Waals surface area contributed by atoms with Crippen molar-refractivity contribution in [2.45, 2.75) is 77.9 Å². The van der Waals surface area contributed by atoms with Gasteiger partial charge >= 0.3 is 0 Å². The minimum absolute atomic E-state index is 0.0322. The van der Waals surface area contributed by atoms with Crippen LogP contribution < -0.4 is 5.32 Å². The van der Waals surface area contributed by atoms with E-state index in [9.17, 15) is 9.59 Å². The molecule has 0 aromatic heterocycles. The molecule has 0 heterocycles. The lowest BCUT2D eigenvalue weighted by molar-refractivity contribution is -0.141. The topological polar surface area (TPSA) is 49.4 Å². The average Bonchev–Trinajstić information content (AvgIpc) is 2.84. The van der Waals surface area contributed by atoms with Crippen LogP contribution in [-0.4, -0.2) is 28.8 Å². The average molecular weight is 519 g/mol. The predicted molar refractivity (Wildman–Crippen MR) is 153 cm³/mol. The van der Waals surface area contributed by atoms with Gasteiger partial charge in [-0.1, -0.05) is 99.1 Å². The van der Waals surface area contributed by atoms with Gasteiger partial charge < -0.3 is 10.2 Å². The zero-order valence-corrected chi connectivity index (χ0v) is 23.4. The summed E-state index contributed by atoms with van der Waals surface area (Å²) < 4.78 is 0. The van der Waals surface area contributed by atoms with Crippen LogP contribution in [0.25, 0.3) is 0 Å². The van der Waals surface area contributed by atoms with E-state index >= 15 is 0 Å². The lowest BCUT2D eigenvalue weighted by Crippen LogP contribution is -2.51. The van der Waals surface area contributed by atoms with Gasteiger partial charge in [-0.05, 0) is 60.1 Å². The second kappa shape index (κ2) is 12.9. The molecule has 0 radical (unpaired) electrons. The molecule has 0 aliphatic carbocycles. The van der Waals surface area contributed by atoms with E-state index in [0.29, 0.717) is 30.8 Å². The van der Waals surface area contributed by atoms with Gasteiger partial charge in [0.05, 0.1) is 0 Å². The third-order valence-corrected chi connectivity index (χ3v) is 6.63. The molecule has 1 N–H and O–H groups in total. The Morgan fingerprint density at radius 2 is 1.51 bits per heavy atom. The van der Waals surface area contributed by atoms with Crippen molar-refractivity contribution < 1.29 is 9.59 Å². The molecule has 0 saturated heterocycles.